The van der Waals surface area contributed by atoms with Crippen molar-refractivity contribution in [2.45, 2.75) is 6.92 Å². The molecule has 4 rings (SSSR count). The molecule has 0 aliphatic rings. The summed E-state index contributed by atoms with van der Waals surface area (Å²) in [6, 6.07) is 17.6. The summed E-state index contributed by atoms with van der Waals surface area (Å²) in [5.41, 5.74) is 1.29. The highest BCUT2D eigenvalue weighted by molar-refractivity contribution is 7.95. The molecule has 0 bridgehead atoms. The van der Waals surface area contributed by atoms with Crippen LogP contribution in [0.4, 0.5) is 5.82 Å². The Morgan fingerprint density at radius 1 is 0.833 bits per heavy atom. The average molecular weight is 506 g/mol. The van der Waals surface area contributed by atoms with Crippen molar-refractivity contribution in [3.8, 4) is 34.8 Å². The lowest BCUT2D eigenvalue weighted by atomic mass is 10.1. The zero-order chi connectivity index (χ0) is 25.5. The minimum Gasteiger partial charge on any atom is -0.493 e. The number of hydrogen-bond donors (Lipinski definition) is 1. The molecular weight excluding hydrogens is 482 g/mol. The highest BCUT2D eigenvalue weighted by Crippen LogP contribution is 2.40. The molecule has 0 atom stereocenters. The molecule has 11 heteroatoms. The fraction of sp³-hybridized carbons (Fsp3) is 0.120. The van der Waals surface area contributed by atoms with Gasteiger partial charge in [-0.2, -0.15) is 4.98 Å². The summed E-state index contributed by atoms with van der Waals surface area (Å²) in [6.07, 6.45) is 3.04. The third-order valence-corrected chi connectivity index (χ3v) is 6.02. The molecule has 2 aromatic carbocycles. The Morgan fingerprint density at radius 3 is 2.17 bits per heavy atom. The first kappa shape index (κ1) is 24.6. The molecule has 2 aromatic heterocycles. The normalized spacial score (nSPS) is 11.6. The maximum atomic E-state index is 13.2. The van der Waals surface area contributed by atoms with Gasteiger partial charge in [-0.25, -0.2) is 23.4 Å². The summed E-state index contributed by atoms with van der Waals surface area (Å²) < 4.78 is 45.6. The van der Waals surface area contributed by atoms with E-state index in [4.69, 9.17) is 14.2 Å². The lowest BCUT2D eigenvalue weighted by molar-refractivity contribution is 0.348. The molecule has 0 radical (unpaired) electrons. The number of ether oxygens (including phenoxy) is 3. The Morgan fingerprint density at radius 2 is 1.50 bits per heavy atom. The van der Waals surface area contributed by atoms with Crippen LogP contribution in [0.1, 0.15) is 12.5 Å². The predicted molar refractivity (Wildman–Crippen MR) is 135 cm³/mol. The van der Waals surface area contributed by atoms with Gasteiger partial charge >= 0.3 is 0 Å². The predicted octanol–water partition coefficient (Wildman–Crippen LogP) is 4.55. The Labute approximate surface area is 208 Å². The van der Waals surface area contributed by atoms with E-state index in [1.54, 1.807) is 37.3 Å². The molecule has 0 saturated heterocycles. The number of nitrogens with zero attached hydrogens (tertiary/aromatic N) is 4. The third-order valence-electron chi connectivity index (χ3n) is 4.87. The van der Waals surface area contributed by atoms with Gasteiger partial charge in [0.2, 0.25) is 11.6 Å². The Hall–Kier alpha value is -4.51. The van der Waals surface area contributed by atoms with Gasteiger partial charge in [0.05, 0.1) is 19.6 Å². The van der Waals surface area contributed by atoms with E-state index in [-0.39, 0.29) is 29.1 Å². The van der Waals surface area contributed by atoms with Gasteiger partial charge in [0.1, 0.15) is 0 Å². The number of anilines is 1. The minimum atomic E-state index is -4.05. The van der Waals surface area contributed by atoms with Crippen LogP contribution in [0.25, 0.3) is 17.2 Å². The van der Waals surface area contributed by atoms with Gasteiger partial charge in [0.15, 0.2) is 23.1 Å². The van der Waals surface area contributed by atoms with Gasteiger partial charge in [0.25, 0.3) is 15.9 Å². The number of hydrogen-bond acceptors (Lipinski definition) is 9. The molecule has 184 valence electrons. The van der Waals surface area contributed by atoms with E-state index in [1.165, 1.54) is 26.6 Å². The first-order valence-electron chi connectivity index (χ1n) is 10.7. The van der Waals surface area contributed by atoms with E-state index >= 15 is 0 Å². The number of allylic oxidation sites excluding steroid dienone is 1. The van der Waals surface area contributed by atoms with Crippen molar-refractivity contribution in [1.29, 1.82) is 0 Å². The Balaban J connectivity index is 1.82. The number of aromatic nitrogens is 4. The quantitative estimate of drug-likeness (QED) is 0.349. The standard InChI is InChI=1S/C25H23N5O5S/c1-17(18-10-5-4-6-11-18)16-36(31,32)30-22-21(35-20-13-8-7-12-19(20)33-2)25(34-3)29-24(28-22)23-26-14-9-15-27-23/h4-16H,1-3H3,(H,28,29,30)/b17-16-. The van der Waals surface area contributed by atoms with Crippen molar-refractivity contribution < 1.29 is 22.6 Å². The van der Waals surface area contributed by atoms with E-state index in [0.29, 0.717) is 17.1 Å². The fourth-order valence-electron chi connectivity index (χ4n) is 3.22. The molecule has 36 heavy (non-hydrogen) atoms. The van der Waals surface area contributed by atoms with Crippen LogP contribution in [0.5, 0.6) is 23.1 Å². The van der Waals surface area contributed by atoms with Gasteiger partial charge in [-0.05, 0) is 36.3 Å². The molecule has 10 nitrogen and oxygen atoms in total. The number of para-hydroxylation sites is 2. The van der Waals surface area contributed by atoms with Crippen LogP contribution in [-0.2, 0) is 10.0 Å². The fourth-order valence-corrected chi connectivity index (χ4v) is 4.29. The molecule has 0 aliphatic heterocycles. The van der Waals surface area contributed by atoms with Crippen molar-refractivity contribution in [2.75, 3.05) is 18.9 Å². The number of sulfonamides is 1. The van der Waals surface area contributed by atoms with E-state index < -0.39 is 10.0 Å². The molecule has 1 N–H and O–H groups in total. The van der Waals surface area contributed by atoms with E-state index in [2.05, 4.69) is 24.7 Å². The number of methoxy groups -OCH3 is 2. The van der Waals surface area contributed by atoms with Crippen molar-refractivity contribution in [1.82, 2.24) is 19.9 Å². The zero-order valence-electron chi connectivity index (χ0n) is 19.7. The molecular formula is C25H23N5O5S. The highest BCUT2D eigenvalue weighted by Gasteiger charge is 2.24. The maximum absolute atomic E-state index is 13.2. The third kappa shape index (κ3) is 5.76. The number of nitrogens with one attached hydrogen (secondary N) is 1. The second-order valence-corrected chi connectivity index (χ2v) is 8.90. The van der Waals surface area contributed by atoms with E-state index in [0.717, 1.165) is 11.0 Å². The van der Waals surface area contributed by atoms with Crippen LogP contribution < -0.4 is 18.9 Å². The summed E-state index contributed by atoms with van der Waals surface area (Å²) in [6.45, 7) is 1.70. The summed E-state index contributed by atoms with van der Waals surface area (Å²) in [5.74, 6) is 0.700. The van der Waals surface area contributed by atoms with Gasteiger partial charge in [-0.15, -0.1) is 0 Å². The van der Waals surface area contributed by atoms with Crippen molar-refractivity contribution in [2.24, 2.45) is 0 Å². The molecule has 0 unspecified atom stereocenters. The minimum absolute atomic E-state index is 0.0279. The smallest absolute Gasteiger partial charge is 0.263 e. The number of rotatable bonds is 9. The average Bonchev–Trinajstić information content (AvgIpc) is 2.90. The van der Waals surface area contributed by atoms with Crippen LogP contribution in [0, 0.1) is 0 Å². The van der Waals surface area contributed by atoms with Crippen molar-refractivity contribution >= 4 is 21.4 Å². The number of benzene rings is 2. The summed E-state index contributed by atoms with van der Waals surface area (Å²) in [7, 11) is -1.17. The largest absolute Gasteiger partial charge is 0.493 e. The molecule has 0 aliphatic carbocycles. The summed E-state index contributed by atoms with van der Waals surface area (Å²) in [5, 5.41) is 1.11. The highest BCUT2D eigenvalue weighted by atomic mass is 32.2. The second kappa shape index (κ2) is 10.8. The molecule has 0 amide bonds. The van der Waals surface area contributed by atoms with Crippen LogP contribution in [0.15, 0.2) is 78.5 Å². The van der Waals surface area contributed by atoms with Gasteiger partial charge in [-0.1, -0.05) is 42.5 Å². The van der Waals surface area contributed by atoms with E-state index in [9.17, 15) is 8.42 Å². The van der Waals surface area contributed by atoms with E-state index in [1.807, 2.05) is 30.3 Å². The first-order chi connectivity index (χ1) is 17.4. The van der Waals surface area contributed by atoms with Crippen LogP contribution in [-0.4, -0.2) is 42.6 Å². The first-order valence-corrected chi connectivity index (χ1v) is 12.3. The Kier molecular flexibility index (Phi) is 7.40. The topological polar surface area (TPSA) is 125 Å². The molecule has 0 spiro atoms. The van der Waals surface area contributed by atoms with Crippen molar-refractivity contribution in [3.05, 3.63) is 84.0 Å². The van der Waals surface area contributed by atoms with Gasteiger partial charge in [0, 0.05) is 12.4 Å². The molecule has 0 saturated carbocycles. The lowest BCUT2D eigenvalue weighted by Crippen LogP contribution is -2.14. The Bertz CT molecular complexity index is 1480. The lowest BCUT2D eigenvalue weighted by Gasteiger charge is -2.16. The SMILES string of the molecule is COc1ccccc1Oc1c(NS(=O)(=O)/C=C(/C)c2ccccc2)nc(-c2ncccn2)nc1OC. The molecule has 2 heterocycles. The van der Waals surface area contributed by atoms with Crippen LogP contribution in [0.3, 0.4) is 0 Å². The summed E-state index contributed by atoms with van der Waals surface area (Å²) in [4.78, 5) is 17.0. The molecule has 0 fully saturated rings. The summed E-state index contributed by atoms with van der Waals surface area (Å²) >= 11 is 0. The van der Waals surface area contributed by atoms with Crippen LogP contribution in [0.2, 0.25) is 0 Å². The van der Waals surface area contributed by atoms with Crippen molar-refractivity contribution in [3.63, 3.8) is 0 Å². The molecule has 4 aromatic rings. The second-order valence-electron chi connectivity index (χ2n) is 7.37. The van der Waals surface area contributed by atoms with Gasteiger partial charge in [-0.3, -0.25) is 4.72 Å². The van der Waals surface area contributed by atoms with Crippen LogP contribution >= 0.6 is 0 Å². The van der Waals surface area contributed by atoms with Gasteiger partial charge < -0.3 is 14.2 Å². The maximum Gasteiger partial charge on any atom is 0.263 e. The monoisotopic (exact) mass is 505 g/mol. The zero-order valence-corrected chi connectivity index (χ0v) is 20.6.